The smallest absolute Gasteiger partial charge is 0.243 e. The molecule has 1 heterocycles. The first-order valence-corrected chi connectivity index (χ1v) is 5.10. The Balaban J connectivity index is 2.45. The highest BCUT2D eigenvalue weighted by Gasteiger charge is 2.27. The SMILES string of the molecule is CC(C)[C@@H](C)NC1CCC(=O)NC1=O. The Hall–Kier alpha value is -0.900. The lowest BCUT2D eigenvalue weighted by atomic mass is 10.0. The van der Waals surface area contributed by atoms with Crippen LogP contribution in [0.4, 0.5) is 0 Å². The Morgan fingerprint density at radius 2 is 2.00 bits per heavy atom. The zero-order chi connectivity index (χ0) is 10.7. The molecule has 2 N–H and O–H groups in total. The van der Waals surface area contributed by atoms with Crippen molar-refractivity contribution in [3.8, 4) is 0 Å². The molecule has 0 saturated carbocycles. The van der Waals surface area contributed by atoms with E-state index in [2.05, 4.69) is 24.5 Å². The number of piperidine rings is 1. The lowest BCUT2D eigenvalue weighted by molar-refractivity contribution is -0.134. The largest absolute Gasteiger partial charge is 0.303 e. The molecule has 0 aromatic heterocycles. The van der Waals surface area contributed by atoms with Gasteiger partial charge in [-0.3, -0.25) is 14.9 Å². The first-order chi connectivity index (χ1) is 6.50. The normalized spacial score (nSPS) is 25.0. The molecule has 0 spiro atoms. The quantitative estimate of drug-likeness (QED) is 0.646. The number of hydrogen-bond donors (Lipinski definition) is 2. The van der Waals surface area contributed by atoms with Crippen molar-refractivity contribution >= 4 is 11.8 Å². The maximum Gasteiger partial charge on any atom is 0.243 e. The monoisotopic (exact) mass is 198 g/mol. The zero-order valence-electron chi connectivity index (χ0n) is 8.96. The summed E-state index contributed by atoms with van der Waals surface area (Å²) in [6.45, 7) is 6.25. The van der Waals surface area contributed by atoms with Gasteiger partial charge in [-0.1, -0.05) is 13.8 Å². The van der Waals surface area contributed by atoms with Gasteiger partial charge in [0.05, 0.1) is 6.04 Å². The number of rotatable bonds is 3. The molecule has 0 bridgehead atoms. The van der Waals surface area contributed by atoms with Crippen molar-refractivity contribution in [1.29, 1.82) is 0 Å². The minimum atomic E-state index is -0.204. The summed E-state index contributed by atoms with van der Waals surface area (Å²) in [5.74, 6) is 0.138. The van der Waals surface area contributed by atoms with Crippen molar-refractivity contribution in [1.82, 2.24) is 10.6 Å². The highest BCUT2D eigenvalue weighted by Crippen LogP contribution is 2.08. The Morgan fingerprint density at radius 3 is 2.50 bits per heavy atom. The Bertz CT molecular complexity index is 238. The van der Waals surface area contributed by atoms with Gasteiger partial charge < -0.3 is 5.32 Å². The number of amides is 2. The van der Waals surface area contributed by atoms with Gasteiger partial charge in [-0.25, -0.2) is 0 Å². The van der Waals surface area contributed by atoms with Crippen LogP contribution in [0.15, 0.2) is 0 Å². The molecule has 4 nitrogen and oxygen atoms in total. The number of carbonyl (C=O) groups is 2. The Morgan fingerprint density at radius 1 is 1.36 bits per heavy atom. The van der Waals surface area contributed by atoms with E-state index in [1.54, 1.807) is 0 Å². The summed E-state index contributed by atoms with van der Waals surface area (Å²) in [6.07, 6.45) is 1.05. The molecule has 80 valence electrons. The van der Waals surface area contributed by atoms with Crippen LogP contribution in [0.1, 0.15) is 33.6 Å². The second kappa shape index (κ2) is 4.55. The third-order valence-electron chi connectivity index (χ3n) is 2.70. The van der Waals surface area contributed by atoms with Crippen LogP contribution in [0.2, 0.25) is 0 Å². The van der Waals surface area contributed by atoms with Crippen molar-refractivity contribution < 1.29 is 9.59 Å². The lowest BCUT2D eigenvalue weighted by Crippen LogP contribution is -2.53. The molecule has 1 saturated heterocycles. The molecule has 4 heteroatoms. The van der Waals surface area contributed by atoms with Crippen LogP contribution in [-0.2, 0) is 9.59 Å². The van der Waals surface area contributed by atoms with E-state index in [1.807, 2.05) is 6.92 Å². The summed E-state index contributed by atoms with van der Waals surface area (Å²) >= 11 is 0. The van der Waals surface area contributed by atoms with Gasteiger partial charge in [0.15, 0.2) is 0 Å². The first kappa shape index (κ1) is 11.2. The molecule has 2 atom stereocenters. The molecule has 14 heavy (non-hydrogen) atoms. The van der Waals surface area contributed by atoms with E-state index in [0.717, 1.165) is 0 Å². The van der Waals surface area contributed by atoms with E-state index in [4.69, 9.17) is 0 Å². The van der Waals surface area contributed by atoms with Crippen molar-refractivity contribution in [3.63, 3.8) is 0 Å². The summed E-state index contributed by atoms with van der Waals surface area (Å²) in [5, 5.41) is 5.56. The third-order valence-corrected chi connectivity index (χ3v) is 2.70. The molecule has 1 rings (SSSR count). The molecule has 1 fully saturated rings. The summed E-state index contributed by atoms with van der Waals surface area (Å²) < 4.78 is 0. The summed E-state index contributed by atoms with van der Waals surface area (Å²) in [5.41, 5.74) is 0. The van der Waals surface area contributed by atoms with Crippen LogP contribution in [0.3, 0.4) is 0 Å². The fourth-order valence-electron chi connectivity index (χ4n) is 1.36. The summed E-state index contributed by atoms with van der Waals surface area (Å²) in [7, 11) is 0. The fourth-order valence-corrected chi connectivity index (χ4v) is 1.36. The summed E-state index contributed by atoms with van der Waals surface area (Å²) in [4.78, 5) is 22.2. The zero-order valence-corrected chi connectivity index (χ0v) is 8.96. The van der Waals surface area contributed by atoms with Crippen molar-refractivity contribution in [2.45, 2.75) is 45.7 Å². The second-order valence-corrected chi connectivity index (χ2v) is 4.20. The van der Waals surface area contributed by atoms with Crippen molar-refractivity contribution in [2.24, 2.45) is 5.92 Å². The molecular formula is C10H18N2O2. The predicted octanol–water partition coefficient (Wildman–Crippen LogP) is 0.426. The third kappa shape index (κ3) is 2.80. The molecule has 0 aromatic carbocycles. The molecule has 0 aromatic rings. The molecule has 1 aliphatic rings. The average molecular weight is 198 g/mol. The van der Waals surface area contributed by atoms with Crippen molar-refractivity contribution in [2.75, 3.05) is 0 Å². The van der Waals surface area contributed by atoms with E-state index in [0.29, 0.717) is 24.8 Å². The number of nitrogens with one attached hydrogen (secondary N) is 2. The van der Waals surface area contributed by atoms with Gasteiger partial charge >= 0.3 is 0 Å². The average Bonchev–Trinajstić information content (AvgIpc) is 2.09. The van der Waals surface area contributed by atoms with Gasteiger partial charge in [0.1, 0.15) is 0 Å². The molecule has 0 aliphatic carbocycles. The van der Waals surface area contributed by atoms with Gasteiger partial charge in [0.25, 0.3) is 0 Å². The van der Waals surface area contributed by atoms with E-state index in [1.165, 1.54) is 0 Å². The maximum atomic E-state index is 11.4. The standard InChI is InChI=1S/C10H18N2O2/c1-6(2)7(3)11-8-4-5-9(13)12-10(8)14/h6-8,11H,4-5H2,1-3H3,(H,12,13,14)/t7-,8?/m1/s1. The van der Waals surface area contributed by atoms with Crippen LogP contribution in [0.5, 0.6) is 0 Å². The van der Waals surface area contributed by atoms with E-state index in [9.17, 15) is 9.59 Å². The lowest BCUT2D eigenvalue weighted by Gasteiger charge is -2.27. The van der Waals surface area contributed by atoms with Gasteiger partial charge in [-0.05, 0) is 19.3 Å². The van der Waals surface area contributed by atoms with E-state index < -0.39 is 0 Å². The highest BCUT2D eigenvalue weighted by atomic mass is 16.2. The first-order valence-electron chi connectivity index (χ1n) is 5.10. The van der Waals surface area contributed by atoms with Crippen molar-refractivity contribution in [3.05, 3.63) is 0 Å². The van der Waals surface area contributed by atoms with Gasteiger partial charge in [0, 0.05) is 12.5 Å². The van der Waals surface area contributed by atoms with Gasteiger partial charge in [-0.2, -0.15) is 0 Å². The number of hydrogen-bond acceptors (Lipinski definition) is 3. The highest BCUT2D eigenvalue weighted by molar-refractivity contribution is 6.00. The molecule has 2 amide bonds. The minimum absolute atomic E-state index is 0.162. The van der Waals surface area contributed by atoms with Crippen LogP contribution >= 0.6 is 0 Å². The molecule has 1 aliphatic heterocycles. The van der Waals surface area contributed by atoms with Crippen LogP contribution in [-0.4, -0.2) is 23.9 Å². The van der Waals surface area contributed by atoms with Gasteiger partial charge in [-0.15, -0.1) is 0 Å². The summed E-state index contributed by atoms with van der Waals surface area (Å²) in [6, 6.07) is 0.0871. The molecule has 0 radical (unpaired) electrons. The second-order valence-electron chi connectivity index (χ2n) is 4.20. The Labute approximate surface area is 84.4 Å². The number of carbonyl (C=O) groups excluding carboxylic acids is 2. The maximum absolute atomic E-state index is 11.4. The van der Waals surface area contributed by atoms with Crippen LogP contribution < -0.4 is 10.6 Å². The predicted molar refractivity (Wildman–Crippen MR) is 53.6 cm³/mol. The minimum Gasteiger partial charge on any atom is -0.303 e. The topological polar surface area (TPSA) is 58.2 Å². The Kier molecular flexibility index (Phi) is 3.63. The van der Waals surface area contributed by atoms with E-state index >= 15 is 0 Å². The van der Waals surface area contributed by atoms with Gasteiger partial charge in [0.2, 0.25) is 11.8 Å². The number of imide groups is 1. The van der Waals surface area contributed by atoms with E-state index in [-0.39, 0.29) is 17.9 Å². The molecule has 1 unspecified atom stereocenters. The fraction of sp³-hybridized carbons (Fsp3) is 0.800. The van der Waals surface area contributed by atoms with Crippen LogP contribution in [0.25, 0.3) is 0 Å². The van der Waals surface area contributed by atoms with Crippen LogP contribution in [0, 0.1) is 5.92 Å². The molecular weight excluding hydrogens is 180 g/mol.